The molecule has 0 saturated carbocycles. The van der Waals surface area contributed by atoms with Crippen LogP contribution in [-0.4, -0.2) is 23.9 Å². The molecule has 0 radical (unpaired) electrons. The lowest BCUT2D eigenvalue weighted by Crippen LogP contribution is -2.52. The predicted octanol–water partition coefficient (Wildman–Crippen LogP) is 1.60. The first kappa shape index (κ1) is 14.0. The van der Waals surface area contributed by atoms with Crippen LogP contribution >= 0.6 is 0 Å². The van der Waals surface area contributed by atoms with Gasteiger partial charge in [0.15, 0.2) is 0 Å². The third-order valence-corrected chi connectivity index (χ3v) is 4.05. The smallest absolute Gasteiger partial charge is 0.225 e. The summed E-state index contributed by atoms with van der Waals surface area (Å²) in [5, 5.41) is 5.93. The maximum absolute atomic E-state index is 12.1. The Hall–Kier alpha value is -1.06. The normalized spacial score (nSPS) is 20.9. The molecule has 2 amide bonds. The van der Waals surface area contributed by atoms with Crippen LogP contribution in [0.1, 0.15) is 52.9 Å². The summed E-state index contributed by atoms with van der Waals surface area (Å²) in [4.78, 5) is 23.2. The van der Waals surface area contributed by atoms with Crippen LogP contribution in [-0.2, 0) is 9.59 Å². The van der Waals surface area contributed by atoms with Gasteiger partial charge in [-0.15, -0.1) is 0 Å². The predicted molar refractivity (Wildman–Crippen MR) is 67.5 cm³/mol. The number of carbonyl (C=O) groups excluding carboxylic acids is 2. The maximum atomic E-state index is 12.1. The summed E-state index contributed by atoms with van der Waals surface area (Å²) in [6.45, 7) is 6.81. The molecule has 4 heteroatoms. The topological polar surface area (TPSA) is 58.2 Å². The van der Waals surface area contributed by atoms with E-state index in [1.165, 1.54) is 0 Å². The highest BCUT2D eigenvalue weighted by molar-refractivity contribution is 5.84. The number of hydrogen-bond acceptors (Lipinski definition) is 2. The van der Waals surface area contributed by atoms with Gasteiger partial charge in [0.2, 0.25) is 11.8 Å². The van der Waals surface area contributed by atoms with Crippen molar-refractivity contribution in [2.24, 2.45) is 5.92 Å². The number of rotatable bonds is 5. The Kier molecular flexibility index (Phi) is 4.97. The van der Waals surface area contributed by atoms with Gasteiger partial charge in [0.05, 0.1) is 5.92 Å². The highest BCUT2D eigenvalue weighted by atomic mass is 16.2. The van der Waals surface area contributed by atoms with Crippen molar-refractivity contribution < 1.29 is 9.59 Å². The van der Waals surface area contributed by atoms with E-state index in [2.05, 4.69) is 31.4 Å². The van der Waals surface area contributed by atoms with E-state index in [9.17, 15) is 9.59 Å². The summed E-state index contributed by atoms with van der Waals surface area (Å²) < 4.78 is 0. The van der Waals surface area contributed by atoms with Gasteiger partial charge in [-0.2, -0.15) is 0 Å². The molecule has 1 heterocycles. The van der Waals surface area contributed by atoms with Crippen LogP contribution in [0.15, 0.2) is 0 Å². The van der Waals surface area contributed by atoms with Crippen molar-refractivity contribution in [1.29, 1.82) is 0 Å². The van der Waals surface area contributed by atoms with Crippen molar-refractivity contribution in [2.45, 2.75) is 58.4 Å². The summed E-state index contributed by atoms with van der Waals surface area (Å²) in [5.74, 6) is 0.0917. The van der Waals surface area contributed by atoms with Crippen LogP contribution < -0.4 is 10.6 Å². The number of carbonyl (C=O) groups is 2. The van der Waals surface area contributed by atoms with Crippen molar-refractivity contribution in [3.05, 3.63) is 0 Å². The molecule has 98 valence electrons. The molecule has 0 aromatic rings. The van der Waals surface area contributed by atoms with E-state index in [1.54, 1.807) is 0 Å². The molecule has 1 atom stereocenters. The van der Waals surface area contributed by atoms with Crippen molar-refractivity contribution in [1.82, 2.24) is 10.6 Å². The Labute approximate surface area is 104 Å². The standard InChI is InChI=1S/C13H24N2O2/c1-4-13(5-2,6-3)15-12(17)10-7-8-11(16)14-9-10/h10H,4-9H2,1-3H3,(H,14,16)(H,15,17). The summed E-state index contributed by atoms with van der Waals surface area (Å²) in [6.07, 6.45) is 3.99. The molecule has 1 fully saturated rings. The first-order chi connectivity index (χ1) is 8.06. The Balaban J connectivity index is 2.55. The third-order valence-electron chi connectivity index (χ3n) is 4.05. The van der Waals surface area contributed by atoms with Gasteiger partial charge in [0.25, 0.3) is 0 Å². The van der Waals surface area contributed by atoms with E-state index in [0.29, 0.717) is 19.4 Å². The fraction of sp³-hybridized carbons (Fsp3) is 0.846. The van der Waals surface area contributed by atoms with Crippen molar-refractivity contribution in [3.63, 3.8) is 0 Å². The summed E-state index contributed by atoms with van der Waals surface area (Å²) >= 11 is 0. The first-order valence-corrected chi connectivity index (χ1v) is 6.65. The van der Waals surface area contributed by atoms with Gasteiger partial charge in [-0.25, -0.2) is 0 Å². The quantitative estimate of drug-likeness (QED) is 0.767. The molecule has 1 saturated heterocycles. The molecule has 0 aromatic carbocycles. The zero-order valence-corrected chi connectivity index (χ0v) is 11.1. The average molecular weight is 240 g/mol. The van der Waals surface area contributed by atoms with Gasteiger partial charge < -0.3 is 10.6 Å². The van der Waals surface area contributed by atoms with Gasteiger partial charge in [0.1, 0.15) is 0 Å². The molecule has 2 N–H and O–H groups in total. The zero-order chi connectivity index (χ0) is 12.9. The zero-order valence-electron chi connectivity index (χ0n) is 11.1. The van der Waals surface area contributed by atoms with Crippen LogP contribution in [0.25, 0.3) is 0 Å². The number of amides is 2. The van der Waals surface area contributed by atoms with Crippen LogP contribution in [0, 0.1) is 5.92 Å². The van der Waals surface area contributed by atoms with Gasteiger partial charge in [-0.3, -0.25) is 9.59 Å². The molecule has 1 rings (SSSR count). The van der Waals surface area contributed by atoms with E-state index in [0.717, 1.165) is 19.3 Å². The monoisotopic (exact) mass is 240 g/mol. The highest BCUT2D eigenvalue weighted by Crippen LogP contribution is 2.21. The minimum Gasteiger partial charge on any atom is -0.355 e. The number of hydrogen-bond donors (Lipinski definition) is 2. The second-order valence-corrected chi connectivity index (χ2v) is 4.87. The highest BCUT2D eigenvalue weighted by Gasteiger charge is 2.31. The second kappa shape index (κ2) is 6.03. The molecule has 17 heavy (non-hydrogen) atoms. The fourth-order valence-electron chi connectivity index (χ4n) is 2.34. The molecule has 1 aliphatic heterocycles. The lowest BCUT2D eigenvalue weighted by molar-refractivity contribution is -0.130. The second-order valence-electron chi connectivity index (χ2n) is 4.87. The molecular weight excluding hydrogens is 216 g/mol. The SMILES string of the molecule is CCC(CC)(CC)NC(=O)C1CCC(=O)NC1. The van der Waals surface area contributed by atoms with Crippen molar-refractivity contribution >= 4 is 11.8 Å². The lowest BCUT2D eigenvalue weighted by Gasteiger charge is -2.34. The molecular formula is C13H24N2O2. The van der Waals surface area contributed by atoms with Crippen LogP contribution in [0.4, 0.5) is 0 Å². The van der Waals surface area contributed by atoms with E-state index in [1.807, 2.05) is 0 Å². The van der Waals surface area contributed by atoms with Gasteiger partial charge in [-0.1, -0.05) is 20.8 Å². The average Bonchev–Trinajstić information content (AvgIpc) is 2.37. The molecule has 0 bridgehead atoms. The Bertz CT molecular complexity index is 267. The Morgan fingerprint density at radius 3 is 2.35 bits per heavy atom. The van der Waals surface area contributed by atoms with Crippen molar-refractivity contribution in [3.8, 4) is 0 Å². The van der Waals surface area contributed by atoms with Crippen LogP contribution in [0.3, 0.4) is 0 Å². The Morgan fingerprint density at radius 1 is 1.35 bits per heavy atom. The maximum Gasteiger partial charge on any atom is 0.225 e. The fourth-order valence-corrected chi connectivity index (χ4v) is 2.34. The van der Waals surface area contributed by atoms with Gasteiger partial charge >= 0.3 is 0 Å². The summed E-state index contributed by atoms with van der Waals surface area (Å²) in [7, 11) is 0. The third kappa shape index (κ3) is 3.45. The summed E-state index contributed by atoms with van der Waals surface area (Å²) in [5.41, 5.74) is -0.0709. The lowest BCUT2D eigenvalue weighted by atomic mass is 9.88. The van der Waals surface area contributed by atoms with E-state index < -0.39 is 0 Å². The Morgan fingerprint density at radius 2 is 1.94 bits per heavy atom. The largest absolute Gasteiger partial charge is 0.355 e. The molecule has 0 aromatic heterocycles. The number of nitrogens with one attached hydrogen (secondary N) is 2. The van der Waals surface area contributed by atoms with Crippen LogP contribution in [0.2, 0.25) is 0 Å². The summed E-state index contributed by atoms with van der Waals surface area (Å²) in [6, 6.07) is 0. The van der Waals surface area contributed by atoms with E-state index >= 15 is 0 Å². The first-order valence-electron chi connectivity index (χ1n) is 6.65. The van der Waals surface area contributed by atoms with E-state index in [4.69, 9.17) is 0 Å². The number of piperidine rings is 1. The molecule has 1 unspecified atom stereocenters. The molecule has 0 spiro atoms. The molecule has 1 aliphatic rings. The van der Waals surface area contributed by atoms with Crippen LogP contribution in [0.5, 0.6) is 0 Å². The molecule has 0 aliphatic carbocycles. The molecule has 4 nitrogen and oxygen atoms in total. The van der Waals surface area contributed by atoms with Crippen molar-refractivity contribution in [2.75, 3.05) is 6.54 Å². The van der Waals surface area contributed by atoms with Gasteiger partial charge in [0, 0.05) is 18.5 Å². The minimum atomic E-state index is -0.0709. The van der Waals surface area contributed by atoms with Gasteiger partial charge in [-0.05, 0) is 25.7 Å². The van der Waals surface area contributed by atoms with E-state index in [-0.39, 0.29) is 23.3 Å². The minimum absolute atomic E-state index is 0.0572.